The van der Waals surface area contributed by atoms with Crippen molar-refractivity contribution >= 4 is 23.2 Å². The fraction of sp³-hybridized carbons (Fsp3) is 0.333. The van der Waals surface area contributed by atoms with Gasteiger partial charge in [0.2, 0.25) is 0 Å². The van der Waals surface area contributed by atoms with Gasteiger partial charge in [-0.05, 0) is 53.6 Å². The van der Waals surface area contributed by atoms with Crippen LogP contribution >= 0.6 is 23.2 Å². The molecule has 0 aliphatic heterocycles. The summed E-state index contributed by atoms with van der Waals surface area (Å²) in [7, 11) is 0. The largest absolute Gasteiger partial charge is 0.113 e. The summed E-state index contributed by atoms with van der Waals surface area (Å²) >= 11 is 12.7. The van der Waals surface area contributed by atoms with Gasteiger partial charge in [-0.1, -0.05) is 55.8 Å². The zero-order valence-corrected chi connectivity index (χ0v) is 13.7. The second-order valence-corrected chi connectivity index (χ2v) is 6.27. The Morgan fingerprint density at radius 3 is 2.10 bits per heavy atom. The zero-order valence-electron chi connectivity index (χ0n) is 12.2. The van der Waals surface area contributed by atoms with Crippen molar-refractivity contribution in [2.45, 2.75) is 38.5 Å². The Bertz CT molecular complexity index is 552. The predicted octanol–water partition coefficient (Wildman–Crippen LogP) is 6.49. The lowest BCUT2D eigenvalue weighted by atomic mass is 9.95. The minimum atomic E-state index is -0.154. The minimum Gasteiger partial charge on any atom is -0.113 e. The Kier molecular flexibility index (Phi) is 5.12. The lowest BCUT2D eigenvalue weighted by Crippen LogP contribution is -1.96. The van der Waals surface area contributed by atoms with Crippen molar-refractivity contribution in [1.29, 1.82) is 0 Å². The van der Waals surface area contributed by atoms with E-state index < -0.39 is 0 Å². The Balaban J connectivity index is 2.26. The number of alkyl halides is 1. The number of rotatable bonds is 4. The van der Waals surface area contributed by atoms with Crippen LogP contribution in [-0.4, -0.2) is 0 Å². The van der Waals surface area contributed by atoms with Crippen LogP contribution in [0.4, 0.5) is 0 Å². The molecule has 0 heterocycles. The molecule has 0 aromatic heterocycles. The lowest BCUT2D eigenvalue weighted by Gasteiger charge is -2.14. The van der Waals surface area contributed by atoms with Gasteiger partial charge in [0.05, 0.1) is 5.38 Å². The maximum atomic E-state index is 6.58. The number of aryl methyl sites for hydroxylation is 1. The van der Waals surface area contributed by atoms with Crippen LogP contribution in [0.5, 0.6) is 0 Å². The van der Waals surface area contributed by atoms with E-state index in [4.69, 9.17) is 23.2 Å². The van der Waals surface area contributed by atoms with E-state index in [0.717, 1.165) is 28.1 Å². The van der Waals surface area contributed by atoms with Gasteiger partial charge in [0.25, 0.3) is 0 Å². The van der Waals surface area contributed by atoms with Crippen LogP contribution in [0.3, 0.4) is 0 Å². The molecule has 2 aromatic carbocycles. The summed E-state index contributed by atoms with van der Waals surface area (Å²) in [6.07, 6.45) is 1.15. The van der Waals surface area contributed by atoms with E-state index in [1.54, 1.807) is 0 Å². The normalized spacial score (nSPS) is 14.1. The van der Waals surface area contributed by atoms with Crippen molar-refractivity contribution in [3.63, 3.8) is 0 Å². The molecule has 0 spiro atoms. The second-order valence-electron chi connectivity index (χ2n) is 5.40. The first kappa shape index (κ1) is 15.4. The summed E-state index contributed by atoms with van der Waals surface area (Å²) < 4.78 is 0. The molecule has 106 valence electrons. The Morgan fingerprint density at radius 2 is 1.55 bits per heavy atom. The van der Waals surface area contributed by atoms with E-state index >= 15 is 0 Å². The highest BCUT2D eigenvalue weighted by molar-refractivity contribution is 6.31. The molecule has 2 heteroatoms. The van der Waals surface area contributed by atoms with Crippen LogP contribution in [0.25, 0.3) is 0 Å². The summed E-state index contributed by atoms with van der Waals surface area (Å²) in [5.74, 6) is 0.589. The monoisotopic (exact) mass is 306 g/mol. The van der Waals surface area contributed by atoms with Crippen LogP contribution in [-0.2, 0) is 0 Å². The molecule has 0 amide bonds. The molecule has 0 fully saturated rings. The maximum absolute atomic E-state index is 6.58. The molecule has 0 aliphatic carbocycles. The number of benzene rings is 2. The average Bonchev–Trinajstić information content (AvgIpc) is 2.45. The van der Waals surface area contributed by atoms with Gasteiger partial charge in [0.1, 0.15) is 0 Å². The fourth-order valence-corrected chi connectivity index (χ4v) is 2.90. The van der Waals surface area contributed by atoms with Crippen molar-refractivity contribution in [2.24, 2.45) is 0 Å². The molecule has 0 radical (unpaired) electrons. The van der Waals surface area contributed by atoms with Gasteiger partial charge in [-0.2, -0.15) is 0 Å². The molecule has 2 aromatic rings. The van der Waals surface area contributed by atoms with Crippen molar-refractivity contribution in [2.75, 3.05) is 0 Å². The van der Waals surface area contributed by atoms with Gasteiger partial charge in [-0.3, -0.25) is 0 Å². The highest BCUT2D eigenvalue weighted by Gasteiger charge is 2.12. The minimum absolute atomic E-state index is 0.154. The SMILES string of the molecule is CCC(C)c1ccc(C(Cl)c2cc(C)cc(Cl)c2)cc1. The van der Waals surface area contributed by atoms with Crippen molar-refractivity contribution in [3.05, 3.63) is 69.7 Å². The third-order valence-corrected chi connectivity index (χ3v) is 4.49. The van der Waals surface area contributed by atoms with E-state index in [9.17, 15) is 0 Å². The summed E-state index contributed by atoms with van der Waals surface area (Å²) in [5.41, 5.74) is 4.66. The third kappa shape index (κ3) is 3.56. The number of halogens is 2. The summed E-state index contributed by atoms with van der Waals surface area (Å²) in [5, 5.41) is 0.584. The maximum Gasteiger partial charge on any atom is 0.0836 e. The van der Waals surface area contributed by atoms with Gasteiger partial charge < -0.3 is 0 Å². The molecule has 0 bridgehead atoms. The third-order valence-electron chi connectivity index (χ3n) is 3.77. The highest BCUT2D eigenvalue weighted by atomic mass is 35.5. The van der Waals surface area contributed by atoms with E-state index in [1.165, 1.54) is 5.56 Å². The highest BCUT2D eigenvalue weighted by Crippen LogP contribution is 2.32. The Hall–Kier alpha value is -0.980. The second kappa shape index (κ2) is 6.65. The molecule has 0 saturated carbocycles. The van der Waals surface area contributed by atoms with Crippen molar-refractivity contribution in [1.82, 2.24) is 0 Å². The van der Waals surface area contributed by atoms with E-state index in [-0.39, 0.29) is 5.38 Å². The van der Waals surface area contributed by atoms with Crippen LogP contribution in [0.15, 0.2) is 42.5 Å². The summed E-state index contributed by atoms with van der Waals surface area (Å²) in [4.78, 5) is 0. The van der Waals surface area contributed by atoms with Gasteiger partial charge >= 0.3 is 0 Å². The molecule has 0 saturated heterocycles. The van der Waals surface area contributed by atoms with Crippen molar-refractivity contribution < 1.29 is 0 Å². The van der Waals surface area contributed by atoms with Crippen LogP contribution < -0.4 is 0 Å². The summed E-state index contributed by atoms with van der Waals surface area (Å²) in [6, 6.07) is 14.6. The standard InChI is InChI=1S/C18H20Cl2/c1-4-13(3)14-5-7-15(8-6-14)18(20)16-9-12(2)10-17(19)11-16/h5-11,13,18H,4H2,1-3H3. The molecule has 2 rings (SSSR count). The first-order chi connectivity index (χ1) is 9.51. The summed E-state index contributed by atoms with van der Waals surface area (Å²) in [6.45, 7) is 6.48. The quantitative estimate of drug-likeness (QED) is 0.566. The number of hydrogen-bond acceptors (Lipinski definition) is 0. The average molecular weight is 307 g/mol. The van der Waals surface area contributed by atoms with Gasteiger partial charge in [0.15, 0.2) is 0 Å². The molecular formula is C18H20Cl2. The van der Waals surface area contributed by atoms with Crippen LogP contribution in [0.2, 0.25) is 5.02 Å². The fourth-order valence-electron chi connectivity index (χ4n) is 2.33. The molecular weight excluding hydrogens is 287 g/mol. The van der Waals surface area contributed by atoms with Gasteiger partial charge in [0, 0.05) is 5.02 Å². The van der Waals surface area contributed by atoms with Crippen LogP contribution in [0.1, 0.15) is 53.8 Å². The number of hydrogen-bond donors (Lipinski definition) is 0. The Labute approximate surface area is 131 Å². The molecule has 20 heavy (non-hydrogen) atoms. The molecule has 0 aliphatic rings. The first-order valence-electron chi connectivity index (χ1n) is 7.02. The predicted molar refractivity (Wildman–Crippen MR) is 89.0 cm³/mol. The molecule has 0 N–H and O–H groups in total. The van der Waals surface area contributed by atoms with Crippen molar-refractivity contribution in [3.8, 4) is 0 Å². The topological polar surface area (TPSA) is 0 Å². The van der Waals surface area contributed by atoms with Gasteiger partial charge in [-0.15, -0.1) is 11.6 Å². The first-order valence-corrected chi connectivity index (χ1v) is 7.83. The van der Waals surface area contributed by atoms with Gasteiger partial charge in [-0.25, -0.2) is 0 Å². The van der Waals surface area contributed by atoms with Crippen LogP contribution in [0, 0.1) is 6.92 Å². The van der Waals surface area contributed by atoms with E-state index in [0.29, 0.717) is 5.92 Å². The zero-order chi connectivity index (χ0) is 14.7. The molecule has 2 unspecified atom stereocenters. The molecule has 0 nitrogen and oxygen atoms in total. The van der Waals surface area contributed by atoms with E-state index in [2.05, 4.69) is 44.2 Å². The Morgan fingerprint density at radius 1 is 0.950 bits per heavy atom. The lowest BCUT2D eigenvalue weighted by molar-refractivity contribution is 0.733. The smallest absolute Gasteiger partial charge is 0.0836 e. The molecule has 2 atom stereocenters. The van der Waals surface area contributed by atoms with E-state index in [1.807, 2.05) is 19.1 Å².